The van der Waals surface area contributed by atoms with Gasteiger partial charge in [0.1, 0.15) is 5.75 Å². The van der Waals surface area contributed by atoms with Gasteiger partial charge < -0.3 is 14.8 Å². The highest BCUT2D eigenvalue weighted by Gasteiger charge is 2.29. The van der Waals surface area contributed by atoms with Crippen LogP contribution >= 0.6 is 0 Å². The maximum absolute atomic E-state index is 9.18. The molecule has 0 radical (unpaired) electrons. The zero-order valence-electron chi connectivity index (χ0n) is 15.8. The second-order valence-corrected chi connectivity index (χ2v) is 6.72. The van der Waals surface area contributed by atoms with Crippen LogP contribution in [-0.4, -0.2) is 18.2 Å². The normalized spacial score (nSPS) is 15.6. The number of nitrogens with one attached hydrogen (secondary N) is 1. The van der Waals surface area contributed by atoms with E-state index in [1.165, 1.54) is 0 Å². The quantitative estimate of drug-likeness (QED) is 0.879. The van der Waals surface area contributed by atoms with Crippen molar-refractivity contribution in [1.29, 1.82) is 5.26 Å². The van der Waals surface area contributed by atoms with E-state index in [0.29, 0.717) is 17.2 Å². The monoisotopic (exact) mass is 349 g/mol. The van der Waals surface area contributed by atoms with Crippen LogP contribution in [0, 0.1) is 18.3 Å². The molecule has 1 aliphatic rings. The number of anilines is 1. The number of hydrogen-bond donors (Lipinski definition) is 1. The number of benzene rings is 1. The van der Waals surface area contributed by atoms with Gasteiger partial charge >= 0.3 is 0 Å². The van der Waals surface area contributed by atoms with Gasteiger partial charge in [0.25, 0.3) is 0 Å². The van der Waals surface area contributed by atoms with E-state index in [9.17, 15) is 5.26 Å². The minimum absolute atomic E-state index is 0.0184. The van der Waals surface area contributed by atoms with Crippen LogP contribution in [0.25, 0.3) is 0 Å². The first-order valence-corrected chi connectivity index (χ1v) is 8.64. The molecule has 1 atom stereocenters. The zero-order valence-corrected chi connectivity index (χ0v) is 15.8. The number of rotatable bonds is 4. The largest absolute Gasteiger partial charge is 0.496 e. The summed E-state index contributed by atoms with van der Waals surface area (Å²) in [6.45, 7) is 8.05. The lowest BCUT2D eigenvalue weighted by molar-refractivity contribution is 0.230. The summed E-state index contributed by atoms with van der Waals surface area (Å²) in [5.74, 6) is 1.23. The standard InChI is InChI=1S/C21H23N3O2/c1-12(2)26-21-19-17(8-14(4)24-20(19)13(3)11-23-21)16-7-6-15(10-22)9-18(16)25-5/h6-9,11-12,17,24H,1-5H3. The zero-order chi connectivity index (χ0) is 18.8. The van der Waals surface area contributed by atoms with Crippen LogP contribution < -0.4 is 14.8 Å². The van der Waals surface area contributed by atoms with Gasteiger partial charge in [-0.2, -0.15) is 5.26 Å². The Labute approximate surface area is 154 Å². The minimum Gasteiger partial charge on any atom is -0.496 e. The Kier molecular flexibility index (Phi) is 4.85. The molecule has 2 heterocycles. The van der Waals surface area contributed by atoms with Crippen LogP contribution in [0.4, 0.5) is 5.69 Å². The Balaban J connectivity index is 2.23. The first kappa shape index (κ1) is 17.8. The number of pyridine rings is 1. The molecule has 1 aliphatic heterocycles. The molecule has 5 heteroatoms. The van der Waals surface area contributed by atoms with E-state index in [-0.39, 0.29) is 12.0 Å². The fourth-order valence-corrected chi connectivity index (χ4v) is 3.24. The number of aromatic nitrogens is 1. The lowest BCUT2D eigenvalue weighted by Gasteiger charge is -2.29. The third-order valence-corrected chi connectivity index (χ3v) is 4.36. The van der Waals surface area contributed by atoms with Crippen molar-refractivity contribution < 1.29 is 9.47 Å². The molecule has 1 aromatic heterocycles. The molecule has 1 N–H and O–H groups in total. The van der Waals surface area contributed by atoms with Gasteiger partial charge in [0.05, 0.1) is 30.5 Å². The Hall–Kier alpha value is -3.00. The van der Waals surface area contributed by atoms with Gasteiger partial charge in [-0.25, -0.2) is 4.98 Å². The summed E-state index contributed by atoms with van der Waals surface area (Å²) in [7, 11) is 1.62. The first-order valence-electron chi connectivity index (χ1n) is 8.64. The Bertz CT molecular complexity index is 910. The van der Waals surface area contributed by atoms with Crippen molar-refractivity contribution in [3.8, 4) is 17.7 Å². The van der Waals surface area contributed by atoms with Crippen molar-refractivity contribution in [3.05, 3.63) is 58.4 Å². The van der Waals surface area contributed by atoms with E-state index in [4.69, 9.17) is 9.47 Å². The number of aryl methyl sites for hydroxylation is 1. The van der Waals surface area contributed by atoms with Gasteiger partial charge in [0.2, 0.25) is 5.88 Å². The highest BCUT2D eigenvalue weighted by Crippen LogP contribution is 2.45. The fraction of sp³-hybridized carbons (Fsp3) is 0.333. The molecule has 2 aromatic rings. The van der Waals surface area contributed by atoms with Gasteiger partial charge in [0.15, 0.2) is 0 Å². The first-order chi connectivity index (χ1) is 12.4. The molecule has 0 spiro atoms. The van der Waals surface area contributed by atoms with Gasteiger partial charge in [0, 0.05) is 28.9 Å². The molecule has 1 aromatic carbocycles. The maximum Gasteiger partial charge on any atom is 0.219 e. The number of nitrogens with zero attached hydrogens (tertiary/aromatic N) is 2. The number of nitriles is 1. The number of hydrogen-bond acceptors (Lipinski definition) is 5. The Morgan fingerprint density at radius 2 is 2.04 bits per heavy atom. The van der Waals surface area contributed by atoms with Crippen molar-refractivity contribution in [1.82, 2.24) is 4.98 Å². The third kappa shape index (κ3) is 3.23. The number of allylic oxidation sites excluding steroid dienone is 2. The van der Waals surface area contributed by atoms with Gasteiger partial charge in [-0.05, 0) is 45.4 Å². The molecule has 26 heavy (non-hydrogen) atoms. The third-order valence-electron chi connectivity index (χ3n) is 4.36. The van der Waals surface area contributed by atoms with E-state index in [2.05, 4.69) is 22.4 Å². The van der Waals surface area contributed by atoms with Gasteiger partial charge in [-0.3, -0.25) is 0 Å². The van der Waals surface area contributed by atoms with Crippen molar-refractivity contribution in [3.63, 3.8) is 0 Å². The van der Waals surface area contributed by atoms with E-state index in [0.717, 1.165) is 28.1 Å². The fourth-order valence-electron chi connectivity index (χ4n) is 3.24. The molecule has 0 saturated carbocycles. The van der Waals surface area contributed by atoms with Crippen molar-refractivity contribution >= 4 is 5.69 Å². The highest BCUT2D eigenvalue weighted by atomic mass is 16.5. The lowest BCUT2D eigenvalue weighted by atomic mass is 9.85. The average molecular weight is 349 g/mol. The molecule has 0 saturated heterocycles. The van der Waals surface area contributed by atoms with E-state index >= 15 is 0 Å². The summed E-state index contributed by atoms with van der Waals surface area (Å²) in [5.41, 5.74) is 5.68. The van der Waals surface area contributed by atoms with Crippen molar-refractivity contribution in [2.24, 2.45) is 0 Å². The molecule has 0 fully saturated rings. The average Bonchev–Trinajstić information content (AvgIpc) is 2.62. The van der Waals surface area contributed by atoms with Crippen LogP contribution in [0.5, 0.6) is 11.6 Å². The smallest absolute Gasteiger partial charge is 0.219 e. The second kappa shape index (κ2) is 7.09. The predicted molar refractivity (Wildman–Crippen MR) is 102 cm³/mol. The van der Waals surface area contributed by atoms with E-state index in [1.54, 1.807) is 13.2 Å². The highest BCUT2D eigenvalue weighted by molar-refractivity contribution is 5.70. The molecule has 0 bridgehead atoms. The molecular formula is C21H23N3O2. The number of ether oxygens (including phenoxy) is 2. The summed E-state index contributed by atoms with van der Waals surface area (Å²) >= 11 is 0. The van der Waals surface area contributed by atoms with Gasteiger partial charge in [-0.15, -0.1) is 0 Å². The van der Waals surface area contributed by atoms with E-state index in [1.807, 2.05) is 46.0 Å². The summed E-state index contributed by atoms with van der Waals surface area (Å²) in [4.78, 5) is 4.54. The molecular weight excluding hydrogens is 326 g/mol. The second-order valence-electron chi connectivity index (χ2n) is 6.72. The molecule has 3 rings (SSSR count). The topological polar surface area (TPSA) is 67.2 Å². The SMILES string of the molecule is COc1cc(C#N)ccc1C1C=C(C)Nc2c(C)cnc(OC(C)C)c21. The summed E-state index contributed by atoms with van der Waals surface area (Å²) < 4.78 is 11.6. The maximum atomic E-state index is 9.18. The Morgan fingerprint density at radius 1 is 1.27 bits per heavy atom. The minimum atomic E-state index is -0.0740. The van der Waals surface area contributed by atoms with Crippen LogP contribution in [0.15, 0.2) is 36.2 Å². The van der Waals surface area contributed by atoms with Crippen molar-refractivity contribution in [2.75, 3.05) is 12.4 Å². The van der Waals surface area contributed by atoms with Crippen LogP contribution in [0.2, 0.25) is 0 Å². The molecule has 5 nitrogen and oxygen atoms in total. The summed E-state index contributed by atoms with van der Waals surface area (Å²) in [6, 6.07) is 7.69. The molecule has 1 unspecified atom stereocenters. The van der Waals surface area contributed by atoms with Crippen molar-refractivity contribution in [2.45, 2.75) is 39.7 Å². The number of fused-ring (bicyclic) bond motifs is 1. The van der Waals surface area contributed by atoms with Crippen LogP contribution in [0.3, 0.4) is 0 Å². The van der Waals surface area contributed by atoms with E-state index < -0.39 is 0 Å². The van der Waals surface area contributed by atoms with Gasteiger partial charge in [-0.1, -0.05) is 12.1 Å². The summed E-state index contributed by atoms with van der Waals surface area (Å²) in [5, 5.41) is 12.6. The van der Waals surface area contributed by atoms with Crippen LogP contribution in [0.1, 0.15) is 48.9 Å². The number of methoxy groups -OCH3 is 1. The Morgan fingerprint density at radius 3 is 2.69 bits per heavy atom. The lowest BCUT2D eigenvalue weighted by Crippen LogP contribution is -2.18. The van der Waals surface area contributed by atoms with Crippen LogP contribution in [-0.2, 0) is 0 Å². The molecule has 0 amide bonds. The molecule has 134 valence electrons. The predicted octanol–water partition coefficient (Wildman–Crippen LogP) is 4.52. The summed E-state index contributed by atoms with van der Waals surface area (Å²) in [6.07, 6.45) is 3.99. The molecule has 0 aliphatic carbocycles.